The smallest absolute Gasteiger partial charge is 0.236 e. The summed E-state index contributed by atoms with van der Waals surface area (Å²) in [6, 6.07) is 10.6. The molecule has 1 heterocycles. The SMILES string of the molecule is CN(Cc1ccco1)C(=O)CN(Cc1ccc(F)cc1)C1CC1. The number of likely N-dealkylation sites (N-methyl/N-ethyl adjacent to an activating group) is 1. The van der Waals surface area contributed by atoms with Gasteiger partial charge in [0.1, 0.15) is 11.6 Å². The van der Waals surface area contributed by atoms with E-state index < -0.39 is 0 Å². The minimum Gasteiger partial charge on any atom is -0.467 e. The fourth-order valence-electron chi connectivity index (χ4n) is 2.60. The Morgan fingerprint density at radius 2 is 1.96 bits per heavy atom. The predicted octanol–water partition coefficient (Wildman–Crippen LogP) is 3.04. The second-order valence-corrected chi connectivity index (χ2v) is 6.09. The predicted molar refractivity (Wildman–Crippen MR) is 85.0 cm³/mol. The summed E-state index contributed by atoms with van der Waals surface area (Å²) in [6.07, 6.45) is 3.85. The second-order valence-electron chi connectivity index (χ2n) is 6.09. The number of amides is 1. The van der Waals surface area contributed by atoms with E-state index in [-0.39, 0.29) is 11.7 Å². The maximum Gasteiger partial charge on any atom is 0.236 e. The third kappa shape index (κ3) is 4.42. The van der Waals surface area contributed by atoms with E-state index in [0.717, 1.165) is 24.2 Å². The highest BCUT2D eigenvalue weighted by Gasteiger charge is 2.31. The van der Waals surface area contributed by atoms with Crippen molar-refractivity contribution in [3.63, 3.8) is 0 Å². The van der Waals surface area contributed by atoms with Crippen LogP contribution in [0.2, 0.25) is 0 Å². The standard InChI is InChI=1S/C18H21FN2O2/c1-20(12-17-3-2-10-23-17)18(22)13-21(16-8-9-16)11-14-4-6-15(19)7-5-14/h2-7,10,16H,8-9,11-13H2,1H3. The van der Waals surface area contributed by atoms with Crippen LogP contribution in [0.1, 0.15) is 24.2 Å². The summed E-state index contributed by atoms with van der Waals surface area (Å²) >= 11 is 0. The average Bonchev–Trinajstić information content (AvgIpc) is 3.26. The van der Waals surface area contributed by atoms with E-state index in [1.807, 2.05) is 12.1 Å². The van der Waals surface area contributed by atoms with E-state index in [0.29, 0.717) is 25.7 Å². The van der Waals surface area contributed by atoms with Gasteiger partial charge < -0.3 is 9.32 Å². The molecular weight excluding hydrogens is 295 g/mol. The number of benzene rings is 1. The third-order valence-electron chi connectivity index (χ3n) is 4.10. The molecule has 1 aliphatic carbocycles. The molecular formula is C18H21FN2O2. The van der Waals surface area contributed by atoms with Crippen LogP contribution in [-0.4, -0.2) is 35.3 Å². The number of rotatable bonds is 7. The fraction of sp³-hybridized carbons (Fsp3) is 0.389. The van der Waals surface area contributed by atoms with Gasteiger partial charge in [0.05, 0.1) is 19.4 Å². The molecule has 122 valence electrons. The molecule has 0 N–H and O–H groups in total. The van der Waals surface area contributed by atoms with Crippen molar-refractivity contribution in [2.24, 2.45) is 0 Å². The van der Waals surface area contributed by atoms with Gasteiger partial charge >= 0.3 is 0 Å². The zero-order chi connectivity index (χ0) is 16.2. The summed E-state index contributed by atoms with van der Waals surface area (Å²) in [5, 5.41) is 0. The Bertz CT molecular complexity index is 636. The monoisotopic (exact) mass is 316 g/mol. The molecule has 0 radical (unpaired) electrons. The molecule has 5 heteroatoms. The molecule has 1 aliphatic rings. The lowest BCUT2D eigenvalue weighted by molar-refractivity contribution is -0.132. The lowest BCUT2D eigenvalue weighted by Gasteiger charge is -2.24. The van der Waals surface area contributed by atoms with Crippen molar-refractivity contribution in [2.75, 3.05) is 13.6 Å². The molecule has 0 unspecified atom stereocenters. The molecule has 23 heavy (non-hydrogen) atoms. The Labute approximate surface area is 135 Å². The van der Waals surface area contributed by atoms with Crippen LogP contribution >= 0.6 is 0 Å². The van der Waals surface area contributed by atoms with Crippen LogP contribution in [0.25, 0.3) is 0 Å². The summed E-state index contributed by atoms with van der Waals surface area (Å²) < 4.78 is 18.3. The van der Waals surface area contributed by atoms with Gasteiger partial charge in [-0.25, -0.2) is 4.39 Å². The lowest BCUT2D eigenvalue weighted by atomic mass is 10.2. The summed E-state index contributed by atoms with van der Waals surface area (Å²) in [4.78, 5) is 16.3. The fourth-order valence-corrected chi connectivity index (χ4v) is 2.60. The van der Waals surface area contributed by atoms with E-state index in [4.69, 9.17) is 4.42 Å². The van der Waals surface area contributed by atoms with Crippen molar-refractivity contribution in [3.8, 4) is 0 Å². The van der Waals surface area contributed by atoms with Crippen LogP contribution in [0, 0.1) is 5.82 Å². The number of hydrogen-bond acceptors (Lipinski definition) is 3. The van der Waals surface area contributed by atoms with Gasteiger partial charge in [-0.1, -0.05) is 12.1 Å². The molecule has 1 aromatic heterocycles. The molecule has 0 atom stereocenters. The van der Waals surface area contributed by atoms with Crippen LogP contribution in [-0.2, 0) is 17.9 Å². The van der Waals surface area contributed by atoms with Gasteiger partial charge in [0.2, 0.25) is 5.91 Å². The zero-order valence-corrected chi connectivity index (χ0v) is 13.2. The Hall–Kier alpha value is -2.14. The van der Waals surface area contributed by atoms with Crippen LogP contribution in [0.3, 0.4) is 0 Å². The molecule has 0 bridgehead atoms. The quantitative estimate of drug-likeness (QED) is 0.788. The largest absolute Gasteiger partial charge is 0.467 e. The Kier molecular flexibility index (Phi) is 4.76. The first-order valence-electron chi connectivity index (χ1n) is 7.86. The molecule has 1 amide bonds. The molecule has 1 fully saturated rings. The Morgan fingerprint density at radius 1 is 1.22 bits per heavy atom. The molecule has 4 nitrogen and oxygen atoms in total. The topological polar surface area (TPSA) is 36.7 Å². The lowest BCUT2D eigenvalue weighted by Crippen LogP contribution is -2.38. The first kappa shape index (κ1) is 15.7. The van der Waals surface area contributed by atoms with Crippen molar-refractivity contribution in [3.05, 3.63) is 59.8 Å². The normalized spacial score (nSPS) is 14.2. The number of hydrogen-bond donors (Lipinski definition) is 0. The molecule has 1 saturated carbocycles. The average molecular weight is 316 g/mol. The number of carbonyl (C=O) groups is 1. The first-order valence-corrected chi connectivity index (χ1v) is 7.86. The molecule has 2 aromatic rings. The first-order chi connectivity index (χ1) is 11.1. The van der Waals surface area contributed by atoms with Crippen molar-refractivity contribution in [1.82, 2.24) is 9.80 Å². The minimum atomic E-state index is -0.235. The maximum atomic E-state index is 13.0. The molecule has 1 aromatic carbocycles. The van der Waals surface area contributed by atoms with Gasteiger partial charge in [-0.3, -0.25) is 9.69 Å². The highest BCUT2D eigenvalue weighted by atomic mass is 19.1. The number of furan rings is 1. The van der Waals surface area contributed by atoms with Gasteiger partial charge in [-0.15, -0.1) is 0 Å². The van der Waals surface area contributed by atoms with Gasteiger partial charge in [0, 0.05) is 19.6 Å². The van der Waals surface area contributed by atoms with Gasteiger partial charge in [0.15, 0.2) is 0 Å². The van der Waals surface area contributed by atoms with Crippen LogP contribution < -0.4 is 0 Å². The Morgan fingerprint density at radius 3 is 2.57 bits per heavy atom. The minimum absolute atomic E-state index is 0.0652. The Balaban J connectivity index is 1.58. The zero-order valence-electron chi connectivity index (χ0n) is 13.2. The molecule has 0 aliphatic heterocycles. The van der Waals surface area contributed by atoms with Crippen molar-refractivity contribution < 1.29 is 13.6 Å². The van der Waals surface area contributed by atoms with Crippen molar-refractivity contribution >= 4 is 5.91 Å². The highest BCUT2D eigenvalue weighted by Crippen LogP contribution is 2.28. The molecule has 3 rings (SSSR count). The van der Waals surface area contributed by atoms with E-state index in [1.54, 1.807) is 30.3 Å². The van der Waals surface area contributed by atoms with E-state index in [1.165, 1.54) is 12.1 Å². The summed E-state index contributed by atoms with van der Waals surface area (Å²) in [5.74, 6) is 0.605. The van der Waals surface area contributed by atoms with Crippen molar-refractivity contribution in [1.29, 1.82) is 0 Å². The third-order valence-corrected chi connectivity index (χ3v) is 4.10. The summed E-state index contributed by atoms with van der Waals surface area (Å²) in [5.41, 5.74) is 1.03. The molecule has 0 saturated heterocycles. The van der Waals surface area contributed by atoms with E-state index >= 15 is 0 Å². The van der Waals surface area contributed by atoms with Crippen LogP contribution in [0.15, 0.2) is 47.1 Å². The highest BCUT2D eigenvalue weighted by molar-refractivity contribution is 5.78. The van der Waals surface area contributed by atoms with E-state index in [9.17, 15) is 9.18 Å². The van der Waals surface area contributed by atoms with Gasteiger partial charge in [-0.2, -0.15) is 0 Å². The summed E-state index contributed by atoms with van der Waals surface area (Å²) in [6.45, 7) is 1.52. The number of carbonyl (C=O) groups excluding carboxylic acids is 1. The van der Waals surface area contributed by atoms with Crippen molar-refractivity contribution in [2.45, 2.75) is 32.0 Å². The van der Waals surface area contributed by atoms with Crippen LogP contribution in [0.5, 0.6) is 0 Å². The van der Waals surface area contributed by atoms with Gasteiger partial charge in [0.25, 0.3) is 0 Å². The van der Waals surface area contributed by atoms with Gasteiger partial charge in [-0.05, 0) is 42.7 Å². The molecule has 0 spiro atoms. The van der Waals surface area contributed by atoms with E-state index in [2.05, 4.69) is 4.90 Å². The number of halogens is 1. The maximum absolute atomic E-state index is 13.0. The van der Waals surface area contributed by atoms with Crippen LogP contribution in [0.4, 0.5) is 4.39 Å². The number of nitrogens with zero attached hydrogens (tertiary/aromatic N) is 2. The second kappa shape index (κ2) is 6.96. The summed E-state index contributed by atoms with van der Waals surface area (Å²) in [7, 11) is 1.79.